The number of hydrogen-bond donors (Lipinski definition) is 0. The number of benzene rings is 1. The third-order valence-electron chi connectivity index (χ3n) is 3.00. The lowest BCUT2D eigenvalue weighted by atomic mass is 9.93. The summed E-state index contributed by atoms with van der Waals surface area (Å²) in [6.45, 7) is 12.8. The van der Waals surface area contributed by atoms with Crippen LogP contribution in [0.5, 0.6) is 0 Å². The summed E-state index contributed by atoms with van der Waals surface area (Å²) in [4.78, 5) is 3.41. The van der Waals surface area contributed by atoms with Crippen LogP contribution >= 0.6 is 0 Å². The molecule has 0 bridgehead atoms. The second-order valence-electron chi connectivity index (χ2n) is 5.82. The second-order valence-corrected chi connectivity index (χ2v) is 7.71. The first-order chi connectivity index (χ1) is 9.72. The molecule has 1 heterocycles. The van der Waals surface area contributed by atoms with Gasteiger partial charge in [-0.1, -0.05) is 45.0 Å². The first-order valence-electron chi connectivity index (χ1n) is 6.32. The predicted molar refractivity (Wildman–Crippen MR) is 80.3 cm³/mol. The Bertz CT molecular complexity index is 839. The summed E-state index contributed by atoms with van der Waals surface area (Å²) in [5.74, 6) is 0. The largest absolute Gasteiger partial charge is 0.270 e. The van der Waals surface area contributed by atoms with Gasteiger partial charge in [-0.05, 0) is 17.0 Å². The highest BCUT2D eigenvalue weighted by Crippen LogP contribution is 2.46. The molecule has 0 aliphatic carbocycles. The van der Waals surface area contributed by atoms with Crippen LogP contribution < -0.4 is 0 Å². The Morgan fingerprint density at radius 2 is 1.95 bits per heavy atom. The van der Waals surface area contributed by atoms with E-state index in [9.17, 15) is 8.42 Å². The van der Waals surface area contributed by atoms with E-state index >= 15 is 0 Å². The molecule has 0 N–H and O–H groups in total. The van der Waals surface area contributed by atoms with Gasteiger partial charge in [0.1, 0.15) is 0 Å². The van der Waals surface area contributed by atoms with Gasteiger partial charge in [0.25, 0.3) is 5.70 Å². The topological polar surface area (TPSA) is 62.3 Å². The second kappa shape index (κ2) is 4.87. The minimum absolute atomic E-state index is 0.0590. The zero-order chi connectivity index (χ0) is 15.8. The summed E-state index contributed by atoms with van der Waals surface area (Å²) in [6, 6.07) is 8.29. The Hall–Kier alpha value is -2.37. The lowest BCUT2D eigenvalue weighted by molar-refractivity contribution is 0.541. The summed E-state index contributed by atoms with van der Waals surface area (Å²) in [5, 5.41) is 9.15. The molecular weight excluding hydrogens is 284 g/mol. The van der Waals surface area contributed by atoms with Crippen LogP contribution in [0.15, 0.2) is 45.8 Å². The van der Waals surface area contributed by atoms with Gasteiger partial charge in [-0.3, -0.25) is 0 Å². The van der Waals surface area contributed by atoms with Crippen LogP contribution in [0.3, 0.4) is 0 Å². The molecule has 0 saturated carbocycles. The van der Waals surface area contributed by atoms with Crippen LogP contribution in [0.25, 0.3) is 10.4 Å². The first-order valence-corrected chi connectivity index (χ1v) is 7.80. The van der Waals surface area contributed by atoms with Crippen LogP contribution in [0.1, 0.15) is 26.3 Å². The normalized spacial score (nSPS) is 20.5. The highest BCUT2D eigenvalue weighted by molar-refractivity contribution is 7.96. The molecule has 1 aromatic rings. The van der Waals surface area contributed by atoms with Gasteiger partial charge in [0.05, 0.1) is 22.4 Å². The van der Waals surface area contributed by atoms with Crippen molar-refractivity contribution in [3.63, 3.8) is 0 Å². The van der Waals surface area contributed by atoms with Gasteiger partial charge >= 0.3 is 0 Å². The van der Waals surface area contributed by atoms with Gasteiger partial charge < -0.3 is 0 Å². The van der Waals surface area contributed by atoms with E-state index in [0.717, 1.165) is 0 Å². The van der Waals surface area contributed by atoms with Crippen LogP contribution in [0, 0.1) is 23.3 Å². The number of allylic oxidation sites excluding steroid dienone is 3. The molecule has 0 aromatic heterocycles. The zero-order valence-corrected chi connectivity index (χ0v) is 12.8. The molecule has 0 atom stereocenters. The number of hydrogen-bond acceptors (Lipinski definition) is 3. The fourth-order valence-corrected chi connectivity index (χ4v) is 4.16. The highest BCUT2D eigenvalue weighted by atomic mass is 32.2. The fourth-order valence-electron chi connectivity index (χ4n) is 2.22. The SMILES string of the molecule is [C-]#[N+]/C(C#N)=C1/C(=C/C(C)(C)C)S(=O)(=O)c2ccccc21. The number of fused-ring (bicyclic) bond motifs is 1. The van der Waals surface area contributed by atoms with E-state index in [1.54, 1.807) is 24.3 Å². The smallest absolute Gasteiger partial charge is 0.226 e. The summed E-state index contributed by atoms with van der Waals surface area (Å²) in [6.07, 6.45) is 1.61. The van der Waals surface area contributed by atoms with Crippen molar-refractivity contribution < 1.29 is 8.42 Å². The van der Waals surface area contributed by atoms with Gasteiger partial charge in [0.15, 0.2) is 0 Å². The molecular formula is C16H14N2O2S. The first kappa shape index (κ1) is 15.0. The lowest BCUT2D eigenvalue weighted by Gasteiger charge is -2.14. The molecule has 5 heteroatoms. The van der Waals surface area contributed by atoms with E-state index in [2.05, 4.69) is 4.85 Å². The number of sulfone groups is 1. The Labute approximate surface area is 124 Å². The molecule has 0 fully saturated rings. The Morgan fingerprint density at radius 3 is 2.48 bits per heavy atom. The molecule has 2 rings (SSSR count). The maximum Gasteiger partial charge on any atom is 0.270 e. The van der Waals surface area contributed by atoms with E-state index < -0.39 is 15.3 Å². The van der Waals surface area contributed by atoms with Gasteiger partial charge in [-0.25, -0.2) is 18.5 Å². The van der Waals surface area contributed by atoms with Crippen molar-refractivity contribution in [3.05, 3.63) is 57.9 Å². The molecule has 0 radical (unpaired) electrons. The maximum atomic E-state index is 12.7. The molecule has 1 aliphatic rings. The zero-order valence-electron chi connectivity index (χ0n) is 12.0. The molecule has 0 saturated heterocycles. The van der Waals surface area contributed by atoms with Crippen molar-refractivity contribution in [3.8, 4) is 6.07 Å². The molecule has 0 spiro atoms. The van der Waals surface area contributed by atoms with Gasteiger partial charge in [0, 0.05) is 5.57 Å². The third-order valence-corrected chi connectivity index (χ3v) is 4.84. The van der Waals surface area contributed by atoms with Crippen molar-refractivity contribution >= 4 is 15.4 Å². The molecule has 1 aromatic carbocycles. The summed E-state index contributed by atoms with van der Waals surface area (Å²) >= 11 is 0. The maximum absolute atomic E-state index is 12.7. The lowest BCUT2D eigenvalue weighted by Crippen LogP contribution is -2.06. The molecule has 0 amide bonds. The number of nitriles is 1. The van der Waals surface area contributed by atoms with Crippen molar-refractivity contribution in [1.29, 1.82) is 5.26 Å². The Balaban J connectivity index is 2.97. The molecule has 4 nitrogen and oxygen atoms in total. The van der Waals surface area contributed by atoms with Crippen molar-refractivity contribution in [1.82, 2.24) is 0 Å². The number of rotatable bonds is 0. The van der Waals surface area contributed by atoms with E-state index in [0.29, 0.717) is 5.56 Å². The Morgan fingerprint density at radius 1 is 1.33 bits per heavy atom. The number of nitrogens with zero attached hydrogens (tertiary/aromatic N) is 2. The van der Waals surface area contributed by atoms with Crippen LogP contribution in [0.4, 0.5) is 0 Å². The fraction of sp³-hybridized carbons (Fsp3) is 0.250. The van der Waals surface area contributed by atoms with Gasteiger partial charge in [-0.2, -0.15) is 0 Å². The average molecular weight is 298 g/mol. The minimum atomic E-state index is -3.69. The molecule has 0 unspecified atom stereocenters. The summed E-state index contributed by atoms with van der Waals surface area (Å²) < 4.78 is 25.4. The van der Waals surface area contributed by atoms with Crippen LogP contribution in [-0.4, -0.2) is 8.42 Å². The molecule has 1 aliphatic heterocycles. The van der Waals surface area contributed by atoms with E-state index in [1.807, 2.05) is 26.8 Å². The minimum Gasteiger partial charge on any atom is -0.226 e. The highest BCUT2D eigenvalue weighted by Gasteiger charge is 2.38. The predicted octanol–water partition coefficient (Wildman–Crippen LogP) is 3.56. The van der Waals surface area contributed by atoms with Crippen molar-refractivity contribution in [2.45, 2.75) is 25.7 Å². The van der Waals surface area contributed by atoms with E-state index in [1.165, 1.54) is 6.07 Å². The monoisotopic (exact) mass is 298 g/mol. The van der Waals surface area contributed by atoms with Gasteiger partial charge in [-0.15, -0.1) is 0 Å². The van der Waals surface area contributed by atoms with Crippen LogP contribution in [0.2, 0.25) is 0 Å². The summed E-state index contributed by atoms with van der Waals surface area (Å²) in [5.41, 5.74) is 0.0655. The summed E-state index contributed by atoms with van der Waals surface area (Å²) in [7, 11) is -3.69. The van der Waals surface area contributed by atoms with Gasteiger partial charge in [0.2, 0.25) is 9.84 Å². The molecule has 21 heavy (non-hydrogen) atoms. The average Bonchev–Trinajstić information content (AvgIpc) is 2.61. The van der Waals surface area contributed by atoms with Crippen molar-refractivity contribution in [2.24, 2.45) is 5.41 Å². The van der Waals surface area contributed by atoms with E-state index in [-0.39, 0.29) is 21.1 Å². The molecule has 106 valence electrons. The standard InChI is InChI=1S/C16H14N2O2S/c1-16(2,3)9-14-15(12(10-17)18-4)11-7-5-6-8-13(11)21(14,19)20/h5-9H,1-3H3/b14-9-,15-12+. The Kier molecular flexibility index (Phi) is 3.49. The van der Waals surface area contributed by atoms with E-state index in [4.69, 9.17) is 11.8 Å². The van der Waals surface area contributed by atoms with Crippen molar-refractivity contribution in [2.75, 3.05) is 0 Å². The van der Waals surface area contributed by atoms with Crippen LogP contribution in [-0.2, 0) is 9.84 Å². The third kappa shape index (κ3) is 2.49. The quantitative estimate of drug-likeness (QED) is 0.543.